The number of carbonyl (C=O) groups is 3. The quantitative estimate of drug-likeness (QED) is 0.514. The molecule has 1 fully saturated rings. The molecule has 18 heavy (non-hydrogen) atoms. The molecule has 1 aliphatic heterocycles. The van der Waals surface area contributed by atoms with E-state index in [2.05, 4.69) is 0 Å². The maximum Gasteiger partial charge on any atom is 0.394 e. The lowest BCUT2D eigenvalue weighted by atomic mass is 10.1. The third-order valence-electron chi connectivity index (χ3n) is 3.42. The van der Waals surface area contributed by atoms with Gasteiger partial charge in [0.2, 0.25) is 5.91 Å². The smallest absolute Gasteiger partial charge is 0.394 e. The van der Waals surface area contributed by atoms with Crippen molar-refractivity contribution in [3.8, 4) is 0 Å². The van der Waals surface area contributed by atoms with Crippen molar-refractivity contribution in [1.29, 1.82) is 0 Å². The maximum absolute atomic E-state index is 12.1. The first-order valence-electron chi connectivity index (χ1n) is 6.05. The van der Waals surface area contributed by atoms with Crippen molar-refractivity contribution in [2.75, 3.05) is 26.2 Å². The second-order valence-corrected chi connectivity index (χ2v) is 4.56. The normalized spacial score (nSPS) is 20.2. The van der Waals surface area contributed by atoms with Gasteiger partial charge < -0.3 is 14.9 Å². The van der Waals surface area contributed by atoms with Gasteiger partial charge in [-0.25, -0.2) is 4.79 Å². The van der Waals surface area contributed by atoms with E-state index >= 15 is 0 Å². The van der Waals surface area contributed by atoms with Gasteiger partial charge in [0.25, 0.3) is 0 Å². The summed E-state index contributed by atoms with van der Waals surface area (Å²) >= 11 is 0. The number of allylic oxidation sites excluding steroid dienone is 2. The number of rotatable bonds is 1. The lowest BCUT2D eigenvalue weighted by Gasteiger charge is -2.35. The van der Waals surface area contributed by atoms with Crippen molar-refractivity contribution >= 4 is 17.8 Å². The fourth-order valence-electron chi connectivity index (χ4n) is 2.34. The van der Waals surface area contributed by atoms with E-state index in [0.29, 0.717) is 26.2 Å². The van der Waals surface area contributed by atoms with Gasteiger partial charge >= 0.3 is 11.9 Å². The molecule has 6 nitrogen and oxygen atoms in total. The fourth-order valence-corrected chi connectivity index (χ4v) is 2.34. The van der Waals surface area contributed by atoms with Crippen molar-refractivity contribution in [3.63, 3.8) is 0 Å². The summed E-state index contributed by atoms with van der Waals surface area (Å²) in [5, 5.41) is 8.60. The van der Waals surface area contributed by atoms with Crippen LogP contribution in [0.5, 0.6) is 0 Å². The molecule has 1 saturated heterocycles. The molecule has 2 rings (SSSR count). The topological polar surface area (TPSA) is 77.9 Å². The number of carboxylic acid groups (broad SMARTS) is 1. The van der Waals surface area contributed by atoms with Crippen molar-refractivity contribution < 1.29 is 19.5 Å². The number of nitrogens with zero attached hydrogens (tertiary/aromatic N) is 2. The van der Waals surface area contributed by atoms with Gasteiger partial charge in [0, 0.05) is 32.1 Å². The first-order valence-corrected chi connectivity index (χ1v) is 6.05. The molecule has 98 valence electrons. The minimum atomic E-state index is -1.44. The second kappa shape index (κ2) is 5.20. The van der Waals surface area contributed by atoms with Gasteiger partial charge in [0.1, 0.15) is 0 Å². The van der Waals surface area contributed by atoms with Crippen molar-refractivity contribution in [1.82, 2.24) is 9.80 Å². The van der Waals surface area contributed by atoms with E-state index in [1.807, 2.05) is 12.2 Å². The molecule has 0 aromatic carbocycles. The van der Waals surface area contributed by atoms with Crippen LogP contribution in [0.15, 0.2) is 12.2 Å². The minimum absolute atomic E-state index is 0.0340. The number of amides is 2. The van der Waals surface area contributed by atoms with Crippen molar-refractivity contribution in [3.05, 3.63) is 12.2 Å². The van der Waals surface area contributed by atoms with Crippen LogP contribution >= 0.6 is 0 Å². The zero-order valence-corrected chi connectivity index (χ0v) is 10.0. The summed E-state index contributed by atoms with van der Waals surface area (Å²) < 4.78 is 0. The van der Waals surface area contributed by atoms with Crippen LogP contribution < -0.4 is 0 Å². The third-order valence-corrected chi connectivity index (χ3v) is 3.42. The Kier molecular flexibility index (Phi) is 3.64. The Morgan fingerprint density at radius 2 is 1.44 bits per heavy atom. The number of carbonyl (C=O) groups excluding carboxylic acids is 2. The van der Waals surface area contributed by atoms with E-state index in [0.717, 1.165) is 12.8 Å². The van der Waals surface area contributed by atoms with Crippen LogP contribution in [0.3, 0.4) is 0 Å². The van der Waals surface area contributed by atoms with Crippen molar-refractivity contribution in [2.24, 2.45) is 5.92 Å². The van der Waals surface area contributed by atoms with Gasteiger partial charge in [0.05, 0.1) is 0 Å². The molecule has 0 aromatic heterocycles. The van der Waals surface area contributed by atoms with Crippen LogP contribution in [0.2, 0.25) is 0 Å². The monoisotopic (exact) mass is 252 g/mol. The first-order chi connectivity index (χ1) is 8.59. The molecule has 0 atom stereocenters. The van der Waals surface area contributed by atoms with Crippen LogP contribution in [0.1, 0.15) is 12.8 Å². The van der Waals surface area contributed by atoms with Gasteiger partial charge in [0.15, 0.2) is 0 Å². The molecular weight excluding hydrogens is 236 g/mol. The number of aliphatic carboxylic acids is 1. The molecule has 1 aliphatic carbocycles. The molecular formula is C12H16N2O4. The summed E-state index contributed by atoms with van der Waals surface area (Å²) in [6.07, 6.45) is 5.58. The molecule has 0 saturated carbocycles. The van der Waals surface area contributed by atoms with E-state index < -0.39 is 11.9 Å². The Balaban J connectivity index is 1.84. The van der Waals surface area contributed by atoms with Crippen LogP contribution in [0.4, 0.5) is 0 Å². The summed E-state index contributed by atoms with van der Waals surface area (Å²) in [5.74, 6) is -2.17. The zero-order valence-electron chi connectivity index (χ0n) is 10.0. The van der Waals surface area contributed by atoms with E-state index in [4.69, 9.17) is 5.11 Å². The molecule has 0 spiro atoms. The highest BCUT2D eigenvalue weighted by Crippen LogP contribution is 2.21. The van der Waals surface area contributed by atoms with Gasteiger partial charge in [-0.05, 0) is 12.8 Å². The third kappa shape index (κ3) is 2.52. The van der Waals surface area contributed by atoms with Gasteiger partial charge in [-0.3, -0.25) is 9.59 Å². The van der Waals surface area contributed by atoms with Crippen molar-refractivity contribution in [2.45, 2.75) is 12.8 Å². The Bertz CT molecular complexity index is 389. The predicted molar refractivity (Wildman–Crippen MR) is 62.7 cm³/mol. The number of piperazine rings is 1. The number of hydrogen-bond acceptors (Lipinski definition) is 3. The number of carboxylic acids is 1. The summed E-state index contributed by atoms with van der Waals surface area (Å²) in [4.78, 5) is 36.9. The molecule has 1 N–H and O–H groups in total. The second-order valence-electron chi connectivity index (χ2n) is 4.56. The lowest BCUT2D eigenvalue weighted by Crippen LogP contribution is -2.53. The van der Waals surface area contributed by atoms with E-state index in [1.54, 1.807) is 4.90 Å². The molecule has 2 aliphatic rings. The van der Waals surface area contributed by atoms with E-state index in [9.17, 15) is 14.4 Å². The van der Waals surface area contributed by atoms with Crippen LogP contribution in [-0.2, 0) is 14.4 Å². The van der Waals surface area contributed by atoms with Gasteiger partial charge in [-0.15, -0.1) is 0 Å². The van der Waals surface area contributed by atoms with E-state index in [1.165, 1.54) is 4.90 Å². The molecule has 0 bridgehead atoms. The largest absolute Gasteiger partial charge is 0.474 e. The highest BCUT2D eigenvalue weighted by Gasteiger charge is 2.30. The highest BCUT2D eigenvalue weighted by molar-refractivity contribution is 6.31. The van der Waals surface area contributed by atoms with Crippen LogP contribution in [0.25, 0.3) is 0 Å². The molecule has 6 heteroatoms. The Morgan fingerprint density at radius 1 is 0.944 bits per heavy atom. The summed E-state index contributed by atoms with van der Waals surface area (Å²) in [6, 6.07) is 0. The lowest BCUT2D eigenvalue weighted by molar-refractivity contribution is -0.157. The molecule has 0 unspecified atom stereocenters. The Morgan fingerprint density at radius 3 is 1.94 bits per heavy atom. The summed E-state index contributed by atoms with van der Waals surface area (Å²) in [7, 11) is 0. The van der Waals surface area contributed by atoms with Crippen LogP contribution in [0, 0.1) is 5.92 Å². The predicted octanol–water partition coefficient (Wildman–Crippen LogP) is -0.292. The zero-order chi connectivity index (χ0) is 13.1. The minimum Gasteiger partial charge on any atom is -0.474 e. The fraction of sp³-hybridized carbons (Fsp3) is 0.583. The number of hydrogen-bond donors (Lipinski definition) is 1. The molecule has 0 radical (unpaired) electrons. The van der Waals surface area contributed by atoms with Gasteiger partial charge in [-0.1, -0.05) is 12.2 Å². The Labute approximate surface area is 105 Å². The first kappa shape index (κ1) is 12.6. The Hall–Kier alpha value is -1.85. The molecule has 0 aromatic rings. The molecule has 2 amide bonds. The van der Waals surface area contributed by atoms with E-state index in [-0.39, 0.29) is 11.8 Å². The van der Waals surface area contributed by atoms with Crippen LogP contribution in [-0.4, -0.2) is 58.9 Å². The molecule has 1 heterocycles. The summed E-state index contributed by atoms with van der Waals surface area (Å²) in [5.41, 5.74) is 0. The maximum atomic E-state index is 12.1. The standard InChI is InChI=1S/C12H16N2O4/c15-10(9-3-1-2-4-9)13-5-7-14(8-6-13)11(16)12(17)18/h1-2,9H,3-8H2,(H,17,18). The highest BCUT2D eigenvalue weighted by atomic mass is 16.4. The average Bonchev–Trinajstić information content (AvgIpc) is 2.91. The summed E-state index contributed by atoms with van der Waals surface area (Å²) in [6.45, 7) is 1.46. The van der Waals surface area contributed by atoms with Gasteiger partial charge in [-0.2, -0.15) is 0 Å². The average molecular weight is 252 g/mol. The SMILES string of the molecule is O=C(O)C(=O)N1CCN(C(=O)C2CC=CC2)CC1.